The van der Waals surface area contributed by atoms with Gasteiger partial charge in [-0.1, -0.05) is 6.07 Å². The van der Waals surface area contributed by atoms with Crippen LogP contribution in [0.2, 0.25) is 0 Å². The Morgan fingerprint density at radius 3 is 2.41 bits per heavy atom. The molecule has 0 aromatic heterocycles. The summed E-state index contributed by atoms with van der Waals surface area (Å²) < 4.78 is 51.2. The zero-order chi connectivity index (χ0) is 12.5. The van der Waals surface area contributed by atoms with Crippen LogP contribution in [0.5, 0.6) is 0 Å². The number of hydrogen-bond acceptors (Lipinski definition) is 1. The van der Waals surface area contributed by atoms with Crippen molar-refractivity contribution in [3.63, 3.8) is 0 Å². The third-order valence-corrected chi connectivity index (χ3v) is 4.15. The van der Waals surface area contributed by atoms with E-state index in [1.807, 2.05) is 0 Å². The van der Waals surface area contributed by atoms with Crippen molar-refractivity contribution >= 4 is 11.0 Å². The van der Waals surface area contributed by atoms with Gasteiger partial charge < -0.3 is 0 Å². The quantitative estimate of drug-likeness (QED) is 0.803. The second-order valence-corrected chi connectivity index (χ2v) is 5.40. The molecule has 0 amide bonds. The number of rotatable bonds is 2. The molecule has 17 heavy (non-hydrogen) atoms. The lowest BCUT2D eigenvalue weighted by atomic mass is 10.2. The van der Waals surface area contributed by atoms with Crippen molar-refractivity contribution in [2.24, 2.45) is 0 Å². The van der Waals surface area contributed by atoms with Gasteiger partial charge in [0.25, 0.3) is 0 Å². The number of hydrogen-bond donors (Lipinski definition) is 0. The minimum absolute atomic E-state index is 0.224. The minimum atomic E-state index is -4.38. The molecule has 1 aromatic rings. The van der Waals surface area contributed by atoms with Crippen molar-refractivity contribution in [3.8, 4) is 0 Å². The van der Waals surface area contributed by atoms with Gasteiger partial charge in [-0.25, -0.2) is 8.51 Å². The van der Waals surface area contributed by atoms with Crippen LogP contribution in [-0.4, -0.2) is 21.6 Å². The van der Waals surface area contributed by atoms with Crippen LogP contribution < -0.4 is 0 Å². The molecule has 1 fully saturated rings. The van der Waals surface area contributed by atoms with E-state index in [4.69, 9.17) is 0 Å². The average molecular weight is 263 g/mol. The molecule has 0 aliphatic carbocycles. The highest BCUT2D eigenvalue weighted by Crippen LogP contribution is 2.30. The standard InChI is InChI=1S/C11H12F3NOS/c12-11(13,14)9-4-3-5-10(8-9)17(16)15-6-1-2-7-15/h3-5,8H,1-2,6-7H2. The Balaban J connectivity index is 2.24. The maximum atomic E-state index is 12.5. The zero-order valence-corrected chi connectivity index (χ0v) is 9.85. The normalized spacial score (nSPS) is 19.5. The maximum absolute atomic E-state index is 12.5. The molecule has 0 N–H and O–H groups in total. The van der Waals surface area contributed by atoms with Gasteiger partial charge in [0.15, 0.2) is 0 Å². The molecule has 94 valence electrons. The van der Waals surface area contributed by atoms with Crippen LogP contribution in [0.15, 0.2) is 29.2 Å². The molecule has 2 rings (SSSR count). The van der Waals surface area contributed by atoms with Gasteiger partial charge in [-0.05, 0) is 31.0 Å². The minimum Gasteiger partial charge on any atom is -0.237 e. The van der Waals surface area contributed by atoms with Gasteiger partial charge in [0.1, 0.15) is 11.0 Å². The van der Waals surface area contributed by atoms with Crippen LogP contribution in [-0.2, 0) is 17.2 Å². The van der Waals surface area contributed by atoms with E-state index in [0.29, 0.717) is 13.1 Å². The molecule has 0 saturated carbocycles. The largest absolute Gasteiger partial charge is 0.416 e. The van der Waals surface area contributed by atoms with Gasteiger partial charge >= 0.3 is 6.18 Å². The summed E-state index contributed by atoms with van der Waals surface area (Å²) in [5, 5.41) is 0. The Kier molecular flexibility index (Phi) is 3.53. The SMILES string of the molecule is O=S(c1cccc(C(F)(F)F)c1)N1CCCC1. The summed E-state index contributed by atoms with van der Waals surface area (Å²) in [6, 6.07) is 4.73. The fourth-order valence-electron chi connectivity index (χ4n) is 1.78. The van der Waals surface area contributed by atoms with Gasteiger partial charge in [0.2, 0.25) is 0 Å². The molecule has 1 aliphatic heterocycles. The summed E-state index contributed by atoms with van der Waals surface area (Å²) in [5.41, 5.74) is -0.748. The van der Waals surface area contributed by atoms with E-state index in [-0.39, 0.29) is 4.90 Å². The third kappa shape index (κ3) is 2.87. The lowest BCUT2D eigenvalue weighted by molar-refractivity contribution is -0.137. The lowest BCUT2D eigenvalue weighted by Crippen LogP contribution is -2.22. The van der Waals surface area contributed by atoms with Crippen LogP contribution in [0, 0.1) is 0 Å². The first-order valence-corrected chi connectivity index (χ1v) is 6.43. The van der Waals surface area contributed by atoms with Gasteiger partial charge in [-0.2, -0.15) is 13.2 Å². The van der Waals surface area contributed by atoms with Crippen LogP contribution in [0.3, 0.4) is 0 Å². The summed E-state index contributed by atoms with van der Waals surface area (Å²) in [5.74, 6) is 0. The van der Waals surface area contributed by atoms with Crippen molar-refractivity contribution in [2.45, 2.75) is 23.9 Å². The predicted octanol–water partition coefficient (Wildman–Crippen LogP) is 2.82. The first kappa shape index (κ1) is 12.6. The third-order valence-electron chi connectivity index (χ3n) is 2.66. The number of alkyl halides is 3. The van der Waals surface area contributed by atoms with Gasteiger partial charge in [0, 0.05) is 13.1 Å². The Bertz CT molecular complexity index is 427. The van der Waals surface area contributed by atoms with E-state index >= 15 is 0 Å². The molecule has 0 bridgehead atoms. The fourth-order valence-corrected chi connectivity index (χ4v) is 3.09. The summed E-state index contributed by atoms with van der Waals surface area (Å²) in [7, 11) is -1.47. The fraction of sp³-hybridized carbons (Fsp3) is 0.455. The number of nitrogens with zero attached hydrogens (tertiary/aromatic N) is 1. The molecule has 0 radical (unpaired) electrons. The first-order chi connectivity index (χ1) is 7.98. The highest BCUT2D eigenvalue weighted by atomic mass is 32.2. The molecule has 6 heteroatoms. The second-order valence-electron chi connectivity index (χ2n) is 3.91. The molecule has 0 spiro atoms. The van der Waals surface area contributed by atoms with Crippen molar-refractivity contribution in [1.29, 1.82) is 0 Å². The summed E-state index contributed by atoms with van der Waals surface area (Å²) >= 11 is 0. The van der Waals surface area contributed by atoms with Crippen molar-refractivity contribution in [1.82, 2.24) is 4.31 Å². The van der Waals surface area contributed by atoms with Gasteiger partial charge in [0.05, 0.1) is 10.5 Å². The van der Waals surface area contributed by atoms with Crippen molar-refractivity contribution < 1.29 is 17.4 Å². The predicted molar refractivity (Wildman–Crippen MR) is 58.7 cm³/mol. The second kappa shape index (κ2) is 4.78. The van der Waals surface area contributed by atoms with E-state index in [2.05, 4.69) is 0 Å². The van der Waals surface area contributed by atoms with E-state index in [1.54, 1.807) is 4.31 Å². The summed E-state index contributed by atoms with van der Waals surface area (Å²) in [4.78, 5) is 0.224. The number of halogens is 3. The molecular formula is C11H12F3NOS. The monoisotopic (exact) mass is 263 g/mol. The van der Waals surface area contributed by atoms with E-state index in [9.17, 15) is 17.4 Å². The van der Waals surface area contributed by atoms with E-state index < -0.39 is 22.7 Å². The van der Waals surface area contributed by atoms with Gasteiger partial charge in [-0.3, -0.25) is 0 Å². The lowest BCUT2D eigenvalue weighted by Gasteiger charge is -2.14. The smallest absolute Gasteiger partial charge is 0.237 e. The Labute approximate surface area is 100 Å². The number of benzene rings is 1. The highest BCUT2D eigenvalue weighted by Gasteiger charge is 2.31. The summed E-state index contributed by atoms with van der Waals surface area (Å²) in [6.45, 7) is 1.37. The maximum Gasteiger partial charge on any atom is 0.416 e. The van der Waals surface area contributed by atoms with E-state index in [0.717, 1.165) is 25.0 Å². The zero-order valence-electron chi connectivity index (χ0n) is 9.04. The van der Waals surface area contributed by atoms with Crippen LogP contribution in [0.1, 0.15) is 18.4 Å². The Hall–Kier alpha value is -0.880. The van der Waals surface area contributed by atoms with E-state index in [1.165, 1.54) is 12.1 Å². The van der Waals surface area contributed by atoms with Crippen molar-refractivity contribution in [2.75, 3.05) is 13.1 Å². The van der Waals surface area contributed by atoms with Crippen LogP contribution in [0.4, 0.5) is 13.2 Å². The molecule has 1 unspecified atom stereocenters. The molecule has 2 nitrogen and oxygen atoms in total. The Morgan fingerprint density at radius 2 is 1.82 bits per heavy atom. The topological polar surface area (TPSA) is 20.3 Å². The molecule has 1 aromatic carbocycles. The Morgan fingerprint density at radius 1 is 1.18 bits per heavy atom. The van der Waals surface area contributed by atoms with Crippen LogP contribution >= 0.6 is 0 Å². The first-order valence-electron chi connectivity index (χ1n) is 5.32. The van der Waals surface area contributed by atoms with Crippen LogP contribution in [0.25, 0.3) is 0 Å². The molecule has 1 aliphatic rings. The highest BCUT2D eigenvalue weighted by molar-refractivity contribution is 7.82. The van der Waals surface area contributed by atoms with Crippen molar-refractivity contribution in [3.05, 3.63) is 29.8 Å². The summed E-state index contributed by atoms with van der Waals surface area (Å²) in [6.07, 6.45) is -2.49. The molecule has 1 heterocycles. The molecule has 1 atom stereocenters. The molecular weight excluding hydrogens is 251 g/mol. The average Bonchev–Trinajstić information content (AvgIpc) is 2.80. The van der Waals surface area contributed by atoms with Gasteiger partial charge in [-0.15, -0.1) is 0 Å². The molecule has 1 saturated heterocycles.